The van der Waals surface area contributed by atoms with E-state index >= 15 is 0 Å². The van der Waals surface area contributed by atoms with Crippen LogP contribution in [0.5, 0.6) is 0 Å². The highest BCUT2D eigenvalue weighted by Crippen LogP contribution is 2.63. The Labute approximate surface area is 123 Å². The molecule has 1 aromatic rings. The van der Waals surface area contributed by atoms with Crippen molar-refractivity contribution < 1.29 is 14.0 Å². The van der Waals surface area contributed by atoms with Gasteiger partial charge in [0.1, 0.15) is 17.0 Å². The van der Waals surface area contributed by atoms with E-state index in [9.17, 15) is 14.0 Å². The van der Waals surface area contributed by atoms with Gasteiger partial charge in [0.15, 0.2) is 0 Å². The topological polar surface area (TPSA) is 46.2 Å². The van der Waals surface area contributed by atoms with Crippen molar-refractivity contribution >= 4 is 11.7 Å². The Morgan fingerprint density at radius 1 is 1.33 bits per heavy atom. The second-order valence-corrected chi connectivity index (χ2v) is 6.80. The molecule has 2 unspecified atom stereocenters. The van der Waals surface area contributed by atoms with E-state index in [0.717, 1.165) is 12.0 Å². The van der Waals surface area contributed by atoms with E-state index in [1.54, 1.807) is 12.1 Å². The molecule has 2 atom stereocenters. The average Bonchev–Trinajstić information content (AvgIpc) is 2.81. The zero-order chi connectivity index (χ0) is 15.3. The fraction of sp³-hybridized carbons (Fsp3) is 0.529. The molecular formula is C17H20FNO2. The molecule has 1 aromatic carbocycles. The van der Waals surface area contributed by atoms with Crippen molar-refractivity contribution in [3.05, 3.63) is 35.6 Å². The SMILES string of the molecule is CC1(C)C2CCC1(C(=O)NCc1ccc(F)cc1)C(=O)C2. The molecule has 2 bridgehead atoms. The van der Waals surface area contributed by atoms with Crippen LogP contribution in [0.4, 0.5) is 4.39 Å². The van der Waals surface area contributed by atoms with Gasteiger partial charge in [-0.05, 0) is 41.9 Å². The Kier molecular flexibility index (Phi) is 3.15. The minimum absolute atomic E-state index is 0.0837. The van der Waals surface area contributed by atoms with Crippen LogP contribution in [0.15, 0.2) is 24.3 Å². The second kappa shape index (κ2) is 4.65. The predicted octanol–water partition coefficient (Wildman–Crippen LogP) is 2.84. The molecule has 2 aliphatic rings. The van der Waals surface area contributed by atoms with Crippen molar-refractivity contribution in [3.63, 3.8) is 0 Å². The number of fused-ring (bicyclic) bond motifs is 2. The molecule has 0 heterocycles. The van der Waals surface area contributed by atoms with Crippen LogP contribution in [0.1, 0.15) is 38.7 Å². The largest absolute Gasteiger partial charge is 0.351 e. The third-order valence-corrected chi connectivity index (χ3v) is 5.65. The van der Waals surface area contributed by atoms with E-state index < -0.39 is 5.41 Å². The molecule has 0 aliphatic heterocycles. The summed E-state index contributed by atoms with van der Waals surface area (Å²) in [5, 5.41) is 2.88. The zero-order valence-electron chi connectivity index (χ0n) is 12.4. The van der Waals surface area contributed by atoms with Gasteiger partial charge >= 0.3 is 0 Å². The monoisotopic (exact) mass is 289 g/mol. The summed E-state index contributed by atoms with van der Waals surface area (Å²) in [5.74, 6) is -0.0573. The average molecular weight is 289 g/mol. The molecule has 0 radical (unpaired) electrons. The molecule has 2 fully saturated rings. The Hall–Kier alpha value is -1.71. The molecule has 0 saturated heterocycles. The zero-order valence-corrected chi connectivity index (χ0v) is 12.4. The summed E-state index contributed by atoms with van der Waals surface area (Å²) in [7, 11) is 0. The number of hydrogen-bond donors (Lipinski definition) is 1. The molecule has 3 rings (SSSR count). The number of amides is 1. The quantitative estimate of drug-likeness (QED) is 0.870. The number of nitrogens with one attached hydrogen (secondary N) is 1. The Bertz CT molecular complexity index is 593. The first-order chi connectivity index (χ1) is 9.88. The summed E-state index contributed by atoms with van der Waals surface area (Å²) in [6, 6.07) is 6.03. The van der Waals surface area contributed by atoms with Gasteiger partial charge in [-0.25, -0.2) is 4.39 Å². The third-order valence-electron chi connectivity index (χ3n) is 5.65. The van der Waals surface area contributed by atoms with Crippen LogP contribution in [-0.4, -0.2) is 11.7 Å². The van der Waals surface area contributed by atoms with Crippen molar-refractivity contribution in [2.45, 2.75) is 39.7 Å². The normalized spacial score (nSPS) is 29.7. The number of rotatable bonds is 3. The van der Waals surface area contributed by atoms with E-state index in [0.29, 0.717) is 25.3 Å². The minimum Gasteiger partial charge on any atom is -0.351 e. The molecule has 21 heavy (non-hydrogen) atoms. The van der Waals surface area contributed by atoms with Crippen LogP contribution >= 0.6 is 0 Å². The highest BCUT2D eigenvalue weighted by atomic mass is 19.1. The van der Waals surface area contributed by atoms with Crippen molar-refractivity contribution in [1.82, 2.24) is 5.32 Å². The molecular weight excluding hydrogens is 269 g/mol. The van der Waals surface area contributed by atoms with E-state index in [4.69, 9.17) is 0 Å². The molecule has 2 saturated carbocycles. The van der Waals surface area contributed by atoms with Crippen LogP contribution in [0.2, 0.25) is 0 Å². The lowest BCUT2D eigenvalue weighted by Crippen LogP contribution is -2.49. The number of halogens is 1. The fourth-order valence-corrected chi connectivity index (χ4v) is 4.14. The summed E-state index contributed by atoms with van der Waals surface area (Å²) in [6.45, 7) is 4.40. The third kappa shape index (κ3) is 1.92. The van der Waals surface area contributed by atoms with Crippen molar-refractivity contribution in [2.24, 2.45) is 16.7 Å². The second-order valence-electron chi connectivity index (χ2n) is 6.80. The maximum atomic E-state index is 12.9. The predicted molar refractivity (Wildman–Crippen MR) is 76.8 cm³/mol. The first kappa shape index (κ1) is 14.2. The lowest BCUT2D eigenvalue weighted by Gasteiger charge is -2.34. The number of ketones is 1. The van der Waals surface area contributed by atoms with Crippen LogP contribution in [0.3, 0.4) is 0 Å². The molecule has 0 spiro atoms. The lowest BCUT2D eigenvalue weighted by atomic mass is 9.68. The molecule has 2 aliphatic carbocycles. The van der Waals surface area contributed by atoms with Crippen LogP contribution in [0, 0.1) is 22.6 Å². The molecule has 3 nitrogen and oxygen atoms in total. The van der Waals surface area contributed by atoms with Crippen molar-refractivity contribution in [3.8, 4) is 0 Å². The van der Waals surface area contributed by atoms with Gasteiger partial charge in [0.2, 0.25) is 5.91 Å². The van der Waals surface area contributed by atoms with Gasteiger partial charge in [-0.1, -0.05) is 26.0 Å². The summed E-state index contributed by atoms with van der Waals surface area (Å²) < 4.78 is 12.9. The van der Waals surface area contributed by atoms with E-state index in [1.807, 2.05) is 13.8 Å². The minimum atomic E-state index is -0.863. The van der Waals surface area contributed by atoms with Gasteiger partial charge in [-0.2, -0.15) is 0 Å². The number of Topliss-reactive ketones (excluding diaryl/α,β-unsaturated/α-hetero) is 1. The lowest BCUT2D eigenvalue weighted by molar-refractivity contribution is -0.145. The highest BCUT2D eigenvalue weighted by molar-refractivity contribution is 6.09. The van der Waals surface area contributed by atoms with Crippen molar-refractivity contribution in [2.75, 3.05) is 0 Å². The Morgan fingerprint density at radius 3 is 2.52 bits per heavy atom. The van der Waals surface area contributed by atoms with Gasteiger partial charge in [0.25, 0.3) is 0 Å². The molecule has 112 valence electrons. The van der Waals surface area contributed by atoms with Gasteiger partial charge in [-0.15, -0.1) is 0 Å². The van der Waals surface area contributed by atoms with E-state index in [-0.39, 0.29) is 22.9 Å². The van der Waals surface area contributed by atoms with Gasteiger partial charge in [-0.3, -0.25) is 9.59 Å². The van der Waals surface area contributed by atoms with Gasteiger partial charge in [0.05, 0.1) is 0 Å². The standard InChI is InChI=1S/C17H20FNO2/c1-16(2)12-7-8-17(16,14(20)9-12)15(21)19-10-11-3-5-13(18)6-4-11/h3-6,12H,7-10H2,1-2H3,(H,19,21). The summed E-state index contributed by atoms with van der Waals surface area (Å²) >= 11 is 0. The van der Waals surface area contributed by atoms with Crippen molar-refractivity contribution in [1.29, 1.82) is 0 Å². The summed E-state index contributed by atoms with van der Waals surface area (Å²) in [4.78, 5) is 25.0. The maximum absolute atomic E-state index is 12.9. The van der Waals surface area contributed by atoms with Crippen LogP contribution < -0.4 is 5.32 Å². The van der Waals surface area contributed by atoms with Crippen LogP contribution in [0.25, 0.3) is 0 Å². The Balaban J connectivity index is 1.76. The molecule has 0 aromatic heterocycles. The number of hydrogen-bond acceptors (Lipinski definition) is 2. The Morgan fingerprint density at radius 2 is 2.00 bits per heavy atom. The summed E-state index contributed by atoms with van der Waals surface area (Å²) in [6.07, 6.45) is 2.12. The smallest absolute Gasteiger partial charge is 0.234 e. The van der Waals surface area contributed by atoms with E-state index in [2.05, 4.69) is 5.32 Å². The first-order valence-corrected chi connectivity index (χ1v) is 7.44. The number of carbonyl (C=O) groups is 2. The van der Waals surface area contributed by atoms with Gasteiger partial charge in [0, 0.05) is 13.0 Å². The molecule has 1 N–H and O–H groups in total. The first-order valence-electron chi connectivity index (χ1n) is 7.44. The maximum Gasteiger partial charge on any atom is 0.234 e. The fourth-order valence-electron chi connectivity index (χ4n) is 4.14. The number of carbonyl (C=O) groups excluding carboxylic acids is 2. The molecule has 4 heteroatoms. The highest BCUT2D eigenvalue weighted by Gasteiger charge is 2.67. The van der Waals surface area contributed by atoms with Crippen LogP contribution in [-0.2, 0) is 16.1 Å². The number of benzene rings is 1. The summed E-state index contributed by atoms with van der Waals surface area (Å²) in [5.41, 5.74) is -0.298. The molecule has 1 amide bonds. The van der Waals surface area contributed by atoms with Gasteiger partial charge < -0.3 is 5.32 Å². The van der Waals surface area contributed by atoms with E-state index in [1.165, 1.54) is 12.1 Å².